The molecule has 1 aromatic heterocycles. The quantitative estimate of drug-likeness (QED) is 0.478. The second kappa shape index (κ2) is 7.56. The van der Waals surface area contributed by atoms with Crippen molar-refractivity contribution >= 4 is 22.5 Å². The van der Waals surface area contributed by atoms with Crippen molar-refractivity contribution in [3.05, 3.63) is 71.0 Å². The van der Waals surface area contributed by atoms with Crippen LogP contribution in [-0.2, 0) is 11.3 Å². The molecule has 0 amide bonds. The SMILES string of the molecule is CCCn1c(C)cc(C(=O)COC(=O)c2ccc3ccccc3c2)c1C. The van der Waals surface area contributed by atoms with E-state index in [0.29, 0.717) is 11.1 Å². The zero-order valence-electron chi connectivity index (χ0n) is 15.4. The zero-order chi connectivity index (χ0) is 18.7. The molecule has 0 atom stereocenters. The van der Waals surface area contributed by atoms with Crippen LogP contribution < -0.4 is 0 Å². The van der Waals surface area contributed by atoms with E-state index in [1.807, 2.05) is 50.2 Å². The Labute approximate surface area is 153 Å². The molecule has 2 aromatic carbocycles. The number of ether oxygens (including phenoxy) is 1. The zero-order valence-corrected chi connectivity index (χ0v) is 15.4. The van der Waals surface area contributed by atoms with Crippen molar-refractivity contribution in [1.82, 2.24) is 4.57 Å². The summed E-state index contributed by atoms with van der Waals surface area (Å²) in [7, 11) is 0. The molecule has 0 spiro atoms. The number of carbonyl (C=O) groups is 2. The number of aromatic nitrogens is 1. The van der Waals surface area contributed by atoms with Crippen LogP contribution in [0.4, 0.5) is 0 Å². The van der Waals surface area contributed by atoms with Gasteiger partial charge in [0.15, 0.2) is 6.61 Å². The van der Waals surface area contributed by atoms with Crippen molar-refractivity contribution in [2.24, 2.45) is 0 Å². The monoisotopic (exact) mass is 349 g/mol. The van der Waals surface area contributed by atoms with Crippen molar-refractivity contribution in [2.45, 2.75) is 33.7 Å². The number of fused-ring (bicyclic) bond motifs is 1. The lowest BCUT2D eigenvalue weighted by Gasteiger charge is -2.08. The molecule has 0 aliphatic rings. The first kappa shape index (κ1) is 17.9. The summed E-state index contributed by atoms with van der Waals surface area (Å²) in [6.07, 6.45) is 1.00. The van der Waals surface area contributed by atoms with E-state index in [9.17, 15) is 9.59 Å². The third-order valence-corrected chi connectivity index (χ3v) is 4.64. The molecule has 1 heterocycles. The average molecular weight is 349 g/mol. The van der Waals surface area contributed by atoms with Gasteiger partial charge in [0.2, 0.25) is 5.78 Å². The molecule has 0 unspecified atom stereocenters. The molecule has 0 saturated carbocycles. The van der Waals surface area contributed by atoms with Gasteiger partial charge in [-0.25, -0.2) is 4.79 Å². The number of hydrogen-bond donors (Lipinski definition) is 0. The Hall–Kier alpha value is -2.88. The summed E-state index contributed by atoms with van der Waals surface area (Å²) in [5.74, 6) is -0.652. The van der Waals surface area contributed by atoms with Gasteiger partial charge in [0.25, 0.3) is 0 Å². The standard InChI is InChI=1S/C22H23NO3/c1-4-11-23-15(2)12-20(16(23)3)21(24)14-26-22(25)19-10-9-17-7-5-6-8-18(17)13-19/h5-10,12-13H,4,11,14H2,1-3H3. The molecule has 0 N–H and O–H groups in total. The molecule has 4 heteroatoms. The van der Waals surface area contributed by atoms with Gasteiger partial charge >= 0.3 is 5.97 Å². The number of rotatable bonds is 6. The first-order valence-corrected chi connectivity index (χ1v) is 8.87. The summed E-state index contributed by atoms with van der Waals surface area (Å²) in [5.41, 5.74) is 3.06. The van der Waals surface area contributed by atoms with Crippen LogP contribution in [0.5, 0.6) is 0 Å². The predicted molar refractivity (Wildman–Crippen MR) is 103 cm³/mol. The van der Waals surface area contributed by atoms with Gasteiger partial charge in [-0.2, -0.15) is 0 Å². The fourth-order valence-electron chi connectivity index (χ4n) is 3.26. The molecule has 0 aliphatic carbocycles. The minimum absolute atomic E-state index is 0.172. The topological polar surface area (TPSA) is 48.3 Å². The normalized spacial score (nSPS) is 10.9. The van der Waals surface area contributed by atoms with E-state index in [4.69, 9.17) is 4.74 Å². The molecule has 134 valence electrons. The highest BCUT2D eigenvalue weighted by atomic mass is 16.5. The smallest absolute Gasteiger partial charge is 0.338 e. The van der Waals surface area contributed by atoms with Crippen LogP contribution in [0, 0.1) is 13.8 Å². The van der Waals surface area contributed by atoms with Crippen LogP contribution in [-0.4, -0.2) is 22.9 Å². The maximum absolute atomic E-state index is 12.5. The van der Waals surface area contributed by atoms with Crippen LogP contribution >= 0.6 is 0 Å². The number of nitrogens with zero attached hydrogens (tertiary/aromatic N) is 1. The van der Waals surface area contributed by atoms with E-state index in [-0.39, 0.29) is 12.4 Å². The minimum atomic E-state index is -0.480. The molecule has 0 aliphatic heterocycles. The first-order valence-electron chi connectivity index (χ1n) is 8.87. The van der Waals surface area contributed by atoms with Crippen LogP contribution in [0.3, 0.4) is 0 Å². The Morgan fingerprint density at radius 2 is 1.73 bits per heavy atom. The minimum Gasteiger partial charge on any atom is -0.454 e. The van der Waals surface area contributed by atoms with Gasteiger partial charge in [-0.1, -0.05) is 37.3 Å². The number of hydrogen-bond acceptors (Lipinski definition) is 3. The highest BCUT2D eigenvalue weighted by Crippen LogP contribution is 2.18. The Morgan fingerprint density at radius 3 is 2.46 bits per heavy atom. The Kier molecular flexibility index (Phi) is 5.21. The molecule has 3 rings (SSSR count). The second-order valence-corrected chi connectivity index (χ2v) is 6.50. The van der Waals surface area contributed by atoms with E-state index < -0.39 is 5.97 Å². The van der Waals surface area contributed by atoms with Gasteiger partial charge in [0.1, 0.15) is 0 Å². The molecule has 0 bridgehead atoms. The van der Waals surface area contributed by atoms with Gasteiger partial charge in [0.05, 0.1) is 5.56 Å². The number of aryl methyl sites for hydroxylation is 1. The number of Topliss-reactive ketones (excluding diaryl/α,β-unsaturated/α-hetero) is 1. The number of esters is 1. The van der Waals surface area contributed by atoms with Gasteiger partial charge in [0, 0.05) is 23.5 Å². The molecule has 0 saturated heterocycles. The molecule has 0 radical (unpaired) electrons. The van der Waals surface area contributed by atoms with E-state index in [1.54, 1.807) is 12.1 Å². The molecule has 26 heavy (non-hydrogen) atoms. The molecular weight excluding hydrogens is 326 g/mol. The third kappa shape index (κ3) is 3.54. The van der Waals surface area contributed by atoms with Crippen LogP contribution in [0.15, 0.2) is 48.5 Å². The van der Waals surface area contributed by atoms with E-state index in [0.717, 1.165) is 35.1 Å². The highest BCUT2D eigenvalue weighted by Gasteiger charge is 2.17. The third-order valence-electron chi connectivity index (χ3n) is 4.64. The van der Waals surface area contributed by atoms with Crippen molar-refractivity contribution in [3.63, 3.8) is 0 Å². The molecule has 0 fully saturated rings. The summed E-state index contributed by atoms with van der Waals surface area (Å²) in [6, 6.07) is 15.1. The summed E-state index contributed by atoms with van der Waals surface area (Å²) in [6.45, 7) is 6.65. The van der Waals surface area contributed by atoms with Gasteiger partial charge in [-0.15, -0.1) is 0 Å². The number of ketones is 1. The lowest BCUT2D eigenvalue weighted by molar-refractivity contribution is 0.0474. The van der Waals surface area contributed by atoms with Gasteiger partial charge in [-0.3, -0.25) is 4.79 Å². The van der Waals surface area contributed by atoms with Crippen LogP contribution in [0.2, 0.25) is 0 Å². The molecular formula is C22H23NO3. The average Bonchev–Trinajstić information content (AvgIpc) is 2.94. The summed E-state index contributed by atoms with van der Waals surface area (Å²) >= 11 is 0. The summed E-state index contributed by atoms with van der Waals surface area (Å²) < 4.78 is 7.38. The Balaban J connectivity index is 1.70. The molecule has 3 aromatic rings. The van der Waals surface area contributed by atoms with Crippen LogP contribution in [0.25, 0.3) is 10.8 Å². The van der Waals surface area contributed by atoms with Gasteiger partial charge < -0.3 is 9.30 Å². The number of carbonyl (C=O) groups excluding carboxylic acids is 2. The van der Waals surface area contributed by atoms with E-state index in [2.05, 4.69) is 11.5 Å². The van der Waals surface area contributed by atoms with E-state index in [1.165, 1.54) is 0 Å². The largest absolute Gasteiger partial charge is 0.454 e. The first-order chi connectivity index (χ1) is 12.5. The van der Waals surface area contributed by atoms with Crippen LogP contribution in [0.1, 0.15) is 45.4 Å². The van der Waals surface area contributed by atoms with Crippen molar-refractivity contribution in [3.8, 4) is 0 Å². The predicted octanol–water partition coefficient (Wildman–Crippen LogP) is 4.71. The fourth-order valence-corrected chi connectivity index (χ4v) is 3.26. The van der Waals surface area contributed by atoms with Crippen molar-refractivity contribution in [1.29, 1.82) is 0 Å². The lowest BCUT2D eigenvalue weighted by Crippen LogP contribution is -2.15. The Bertz CT molecular complexity index is 969. The number of benzene rings is 2. The second-order valence-electron chi connectivity index (χ2n) is 6.50. The van der Waals surface area contributed by atoms with Crippen molar-refractivity contribution < 1.29 is 14.3 Å². The molecule has 4 nitrogen and oxygen atoms in total. The van der Waals surface area contributed by atoms with Gasteiger partial charge in [-0.05, 0) is 49.2 Å². The Morgan fingerprint density at radius 1 is 1.00 bits per heavy atom. The van der Waals surface area contributed by atoms with E-state index >= 15 is 0 Å². The lowest BCUT2D eigenvalue weighted by atomic mass is 10.1. The maximum atomic E-state index is 12.5. The fraction of sp³-hybridized carbons (Fsp3) is 0.273. The highest BCUT2D eigenvalue weighted by molar-refractivity contribution is 6.01. The summed E-state index contributed by atoms with van der Waals surface area (Å²) in [5, 5.41) is 2.03. The summed E-state index contributed by atoms with van der Waals surface area (Å²) in [4.78, 5) is 24.8. The van der Waals surface area contributed by atoms with Crippen molar-refractivity contribution in [2.75, 3.05) is 6.61 Å². The maximum Gasteiger partial charge on any atom is 0.338 e.